The molecule has 3 heterocycles. The number of ether oxygens (including phenoxy) is 1. The number of amides is 1. The Bertz CT molecular complexity index is 1020. The van der Waals surface area contributed by atoms with Crippen LogP contribution < -0.4 is 15.5 Å². The van der Waals surface area contributed by atoms with Gasteiger partial charge in [0.2, 0.25) is 0 Å². The second-order valence-corrected chi connectivity index (χ2v) is 9.13. The van der Waals surface area contributed by atoms with Gasteiger partial charge in [-0.1, -0.05) is 11.6 Å². The summed E-state index contributed by atoms with van der Waals surface area (Å²) in [5, 5.41) is 6.37. The van der Waals surface area contributed by atoms with Gasteiger partial charge in [0.05, 0.1) is 0 Å². The van der Waals surface area contributed by atoms with Gasteiger partial charge in [0.15, 0.2) is 11.7 Å². The van der Waals surface area contributed by atoms with Crippen LogP contribution in [0.15, 0.2) is 22.6 Å². The molecular formula is C22H26ClF3N4O4. The molecule has 2 fully saturated rings. The van der Waals surface area contributed by atoms with Crippen molar-refractivity contribution in [2.75, 3.05) is 37.6 Å². The van der Waals surface area contributed by atoms with Crippen molar-refractivity contribution in [3.05, 3.63) is 23.2 Å². The lowest BCUT2D eigenvalue weighted by Crippen LogP contribution is -2.49. The number of hydrogen-bond acceptors (Lipinski definition) is 7. The molecule has 0 aliphatic carbocycles. The molecule has 2 N–H and O–H groups in total. The van der Waals surface area contributed by atoms with Crippen LogP contribution in [0.1, 0.15) is 25.7 Å². The van der Waals surface area contributed by atoms with Crippen molar-refractivity contribution in [3.8, 4) is 0 Å². The van der Waals surface area contributed by atoms with Gasteiger partial charge in [-0.15, -0.1) is 0 Å². The molecule has 12 heteroatoms. The first kappa shape index (κ1) is 24.6. The molecule has 186 valence electrons. The third-order valence-electron chi connectivity index (χ3n) is 6.32. The zero-order chi connectivity index (χ0) is 24.3. The van der Waals surface area contributed by atoms with Crippen LogP contribution in [0.4, 0.5) is 19.2 Å². The molecule has 1 amide bonds. The monoisotopic (exact) mass is 502 g/mol. The Morgan fingerprint density at radius 2 is 1.94 bits per heavy atom. The van der Waals surface area contributed by atoms with Crippen LogP contribution >= 0.6 is 11.6 Å². The number of nitrogens with zero attached hydrogens (tertiary/aromatic N) is 2. The van der Waals surface area contributed by atoms with Crippen molar-refractivity contribution in [1.82, 2.24) is 15.6 Å². The molecule has 34 heavy (non-hydrogen) atoms. The van der Waals surface area contributed by atoms with Crippen molar-refractivity contribution in [2.24, 2.45) is 11.8 Å². The molecule has 1 aromatic carbocycles. The van der Waals surface area contributed by atoms with Gasteiger partial charge in [0, 0.05) is 30.6 Å². The number of halogens is 4. The Balaban J connectivity index is 1.30. The molecule has 4 rings (SSSR count). The number of hydrogen-bond donors (Lipinski definition) is 2. The molecule has 0 bridgehead atoms. The molecule has 2 aromatic rings. The summed E-state index contributed by atoms with van der Waals surface area (Å²) in [6.07, 6.45) is -4.22. The highest BCUT2D eigenvalue weighted by atomic mass is 35.5. The number of aromatic nitrogens is 1. The van der Waals surface area contributed by atoms with E-state index in [1.54, 1.807) is 18.2 Å². The minimum Gasteiger partial charge on any atom is -0.445 e. The second kappa shape index (κ2) is 10.4. The highest BCUT2D eigenvalue weighted by Gasteiger charge is 2.45. The van der Waals surface area contributed by atoms with E-state index in [1.165, 1.54) is 0 Å². The SMILES string of the molecule is O=C(NCC1CCN(c2nc3cc(Cl)ccc3o2)CC1)C(OC(=O)C(F)(F)F)C1CCNCC1. The van der Waals surface area contributed by atoms with Gasteiger partial charge in [-0.3, -0.25) is 4.79 Å². The topological polar surface area (TPSA) is 96.7 Å². The lowest BCUT2D eigenvalue weighted by Gasteiger charge is -2.32. The molecule has 1 atom stereocenters. The molecule has 1 aromatic heterocycles. The lowest BCUT2D eigenvalue weighted by atomic mass is 9.91. The Labute approximate surface area is 199 Å². The largest absolute Gasteiger partial charge is 0.490 e. The summed E-state index contributed by atoms with van der Waals surface area (Å²) in [6.45, 7) is 2.71. The highest BCUT2D eigenvalue weighted by Crippen LogP contribution is 2.28. The van der Waals surface area contributed by atoms with Crippen LogP contribution in [-0.2, 0) is 14.3 Å². The van der Waals surface area contributed by atoms with E-state index in [9.17, 15) is 22.8 Å². The number of alkyl halides is 3. The van der Waals surface area contributed by atoms with Crippen LogP contribution in [0.2, 0.25) is 5.02 Å². The number of carbonyl (C=O) groups is 2. The number of carbonyl (C=O) groups excluding carboxylic acids is 2. The van der Waals surface area contributed by atoms with Crippen molar-refractivity contribution in [2.45, 2.75) is 38.0 Å². The van der Waals surface area contributed by atoms with Crippen molar-refractivity contribution < 1.29 is 31.9 Å². The molecule has 0 saturated carbocycles. The average Bonchev–Trinajstić information content (AvgIpc) is 3.24. The number of piperidine rings is 2. The van der Waals surface area contributed by atoms with E-state index in [1.807, 2.05) is 4.90 Å². The van der Waals surface area contributed by atoms with E-state index >= 15 is 0 Å². The number of nitrogens with one attached hydrogen (secondary N) is 2. The van der Waals surface area contributed by atoms with E-state index < -0.39 is 30.1 Å². The van der Waals surface area contributed by atoms with Crippen LogP contribution in [-0.4, -0.2) is 61.9 Å². The molecular weight excluding hydrogens is 477 g/mol. The van der Waals surface area contributed by atoms with Crippen molar-refractivity contribution in [3.63, 3.8) is 0 Å². The van der Waals surface area contributed by atoms with E-state index in [2.05, 4.69) is 20.4 Å². The fourth-order valence-electron chi connectivity index (χ4n) is 4.39. The summed E-state index contributed by atoms with van der Waals surface area (Å²) in [6, 6.07) is 5.73. The Morgan fingerprint density at radius 1 is 1.24 bits per heavy atom. The van der Waals surface area contributed by atoms with Gasteiger partial charge in [-0.25, -0.2) is 4.79 Å². The maximum Gasteiger partial charge on any atom is 0.490 e. The van der Waals surface area contributed by atoms with E-state index in [0.29, 0.717) is 67.7 Å². The molecule has 0 radical (unpaired) electrons. The normalized spacial score (nSPS) is 19.2. The number of fused-ring (bicyclic) bond motifs is 1. The maximum atomic E-state index is 12.7. The van der Waals surface area contributed by atoms with Crippen molar-refractivity contribution in [1.29, 1.82) is 0 Å². The van der Waals surface area contributed by atoms with Gasteiger partial charge in [0.25, 0.3) is 11.9 Å². The van der Waals surface area contributed by atoms with Gasteiger partial charge in [0.1, 0.15) is 5.52 Å². The first-order chi connectivity index (χ1) is 16.2. The van der Waals surface area contributed by atoms with Gasteiger partial charge < -0.3 is 24.7 Å². The number of esters is 1. The average molecular weight is 503 g/mol. The summed E-state index contributed by atoms with van der Waals surface area (Å²) >= 11 is 6.00. The molecule has 8 nitrogen and oxygen atoms in total. The third kappa shape index (κ3) is 5.93. The minimum atomic E-state index is -5.14. The third-order valence-corrected chi connectivity index (χ3v) is 6.56. The van der Waals surface area contributed by atoms with E-state index in [-0.39, 0.29) is 5.92 Å². The fraction of sp³-hybridized carbons (Fsp3) is 0.591. The molecule has 2 saturated heterocycles. The standard InChI is InChI=1S/C22H26ClF3N4O4/c23-15-1-2-17-16(11-15)29-21(33-17)30-9-5-13(6-10-30)12-28-19(31)18(14-3-7-27-8-4-14)34-20(32)22(24,25)26/h1-2,11,13-14,18,27H,3-10,12H2,(H,28,31). The Hall–Kier alpha value is -2.53. The van der Waals surface area contributed by atoms with Crippen molar-refractivity contribution >= 4 is 40.6 Å². The maximum absolute atomic E-state index is 12.7. The number of benzene rings is 1. The lowest BCUT2D eigenvalue weighted by molar-refractivity contribution is -0.208. The van der Waals surface area contributed by atoms with Gasteiger partial charge in [-0.2, -0.15) is 18.2 Å². The predicted octanol–water partition coefficient (Wildman–Crippen LogP) is 3.29. The quantitative estimate of drug-likeness (QED) is 0.585. The first-order valence-electron chi connectivity index (χ1n) is 11.3. The van der Waals surface area contributed by atoms with E-state index in [0.717, 1.165) is 12.8 Å². The van der Waals surface area contributed by atoms with Crippen LogP contribution in [0.5, 0.6) is 0 Å². The number of oxazole rings is 1. The summed E-state index contributed by atoms with van der Waals surface area (Å²) in [7, 11) is 0. The number of rotatable bonds is 6. The van der Waals surface area contributed by atoms with Gasteiger partial charge >= 0.3 is 12.1 Å². The molecule has 2 aliphatic rings. The Kier molecular flexibility index (Phi) is 7.51. The fourth-order valence-corrected chi connectivity index (χ4v) is 4.56. The summed E-state index contributed by atoms with van der Waals surface area (Å²) in [4.78, 5) is 30.6. The van der Waals surface area contributed by atoms with Crippen LogP contribution in [0, 0.1) is 11.8 Å². The van der Waals surface area contributed by atoms with E-state index in [4.69, 9.17) is 16.0 Å². The molecule has 0 spiro atoms. The smallest absolute Gasteiger partial charge is 0.445 e. The summed E-state index contributed by atoms with van der Waals surface area (Å²) in [5.41, 5.74) is 1.32. The number of anilines is 1. The summed E-state index contributed by atoms with van der Waals surface area (Å²) < 4.78 is 48.6. The van der Waals surface area contributed by atoms with Crippen LogP contribution in [0.25, 0.3) is 11.1 Å². The zero-order valence-electron chi connectivity index (χ0n) is 18.4. The van der Waals surface area contributed by atoms with Gasteiger partial charge in [-0.05, 0) is 62.9 Å². The second-order valence-electron chi connectivity index (χ2n) is 8.70. The predicted molar refractivity (Wildman–Crippen MR) is 118 cm³/mol. The molecule has 2 aliphatic heterocycles. The molecule has 1 unspecified atom stereocenters. The van der Waals surface area contributed by atoms with Crippen LogP contribution in [0.3, 0.4) is 0 Å². The highest BCUT2D eigenvalue weighted by molar-refractivity contribution is 6.31. The summed E-state index contributed by atoms with van der Waals surface area (Å²) in [5.74, 6) is -3.34. The Morgan fingerprint density at radius 3 is 2.62 bits per heavy atom. The zero-order valence-corrected chi connectivity index (χ0v) is 19.1. The minimum absolute atomic E-state index is 0.131. The first-order valence-corrected chi connectivity index (χ1v) is 11.7.